The van der Waals surface area contributed by atoms with E-state index in [1.807, 2.05) is 0 Å². The molecule has 1 amide bonds. The molecule has 0 radical (unpaired) electrons. The number of rotatable bonds is 2. The number of carbonyl (C=O) groups is 1. The summed E-state index contributed by atoms with van der Waals surface area (Å²) in [5, 5.41) is 2.98. The number of hydrogen-bond donors (Lipinski definition) is 1. The van der Waals surface area contributed by atoms with E-state index in [0.717, 1.165) is 0 Å². The van der Waals surface area contributed by atoms with Gasteiger partial charge in [0.15, 0.2) is 0 Å². The van der Waals surface area contributed by atoms with E-state index in [1.54, 1.807) is 51.2 Å². The van der Waals surface area contributed by atoms with Gasteiger partial charge in [-0.05, 0) is 39.0 Å². The maximum Gasteiger partial charge on any atom is 0.407 e. The maximum atomic E-state index is 14.2. The first-order valence-corrected chi connectivity index (χ1v) is 6.36. The lowest BCUT2D eigenvalue weighted by Gasteiger charge is -2.19. The zero-order chi connectivity index (χ0) is 14.8. The highest BCUT2D eigenvalue weighted by molar-refractivity contribution is 5.80. The van der Waals surface area contributed by atoms with Crippen molar-refractivity contribution in [1.82, 2.24) is 10.3 Å². The van der Waals surface area contributed by atoms with E-state index in [4.69, 9.17) is 4.74 Å². The zero-order valence-electron chi connectivity index (χ0n) is 11.7. The number of fused-ring (bicyclic) bond motifs is 1. The molecule has 1 aromatic heterocycles. The summed E-state index contributed by atoms with van der Waals surface area (Å²) in [4.78, 5) is 15.6. The number of nitrogens with zero attached hydrogens (tertiary/aromatic N) is 1. The second kappa shape index (κ2) is 5.45. The average molecular weight is 276 g/mol. The zero-order valence-corrected chi connectivity index (χ0v) is 11.7. The molecule has 2 rings (SSSR count). The predicted octanol–water partition coefficient (Wildman–Crippen LogP) is 3.40. The van der Waals surface area contributed by atoms with Gasteiger partial charge in [0.25, 0.3) is 0 Å². The normalized spacial score (nSPS) is 11.4. The fourth-order valence-corrected chi connectivity index (χ4v) is 1.78. The molecule has 0 unspecified atom stereocenters. The van der Waals surface area contributed by atoms with E-state index in [-0.39, 0.29) is 12.4 Å². The van der Waals surface area contributed by atoms with Crippen molar-refractivity contribution in [2.24, 2.45) is 0 Å². The Labute approximate surface area is 117 Å². The number of amides is 1. The van der Waals surface area contributed by atoms with Gasteiger partial charge in [0.05, 0.1) is 5.52 Å². The van der Waals surface area contributed by atoms with Gasteiger partial charge in [-0.25, -0.2) is 9.18 Å². The Balaban J connectivity index is 2.11. The van der Waals surface area contributed by atoms with E-state index in [9.17, 15) is 9.18 Å². The highest BCUT2D eigenvalue weighted by Gasteiger charge is 2.16. The molecule has 1 heterocycles. The molecule has 0 fully saturated rings. The van der Waals surface area contributed by atoms with Gasteiger partial charge in [0, 0.05) is 23.7 Å². The molecule has 0 aliphatic rings. The van der Waals surface area contributed by atoms with E-state index in [0.29, 0.717) is 16.5 Å². The molecule has 106 valence electrons. The summed E-state index contributed by atoms with van der Waals surface area (Å²) in [6, 6.07) is 6.68. The van der Waals surface area contributed by atoms with E-state index in [1.165, 1.54) is 0 Å². The van der Waals surface area contributed by atoms with Crippen molar-refractivity contribution < 1.29 is 13.9 Å². The average Bonchev–Trinajstić information content (AvgIpc) is 2.36. The van der Waals surface area contributed by atoms with Crippen LogP contribution in [0.4, 0.5) is 9.18 Å². The van der Waals surface area contributed by atoms with Crippen LogP contribution in [0.15, 0.2) is 30.5 Å². The second-order valence-corrected chi connectivity index (χ2v) is 5.46. The van der Waals surface area contributed by atoms with Crippen LogP contribution in [0.1, 0.15) is 26.3 Å². The summed E-state index contributed by atoms with van der Waals surface area (Å²) in [5.41, 5.74) is 0.415. The molecule has 0 spiro atoms. The number of benzene rings is 1. The van der Waals surface area contributed by atoms with Gasteiger partial charge in [-0.2, -0.15) is 0 Å². The number of nitrogens with one attached hydrogen (secondary N) is 1. The minimum atomic E-state index is -0.573. The van der Waals surface area contributed by atoms with Crippen LogP contribution in [0, 0.1) is 5.82 Å². The van der Waals surface area contributed by atoms with Crippen LogP contribution >= 0.6 is 0 Å². The first-order valence-electron chi connectivity index (χ1n) is 6.36. The van der Waals surface area contributed by atoms with Crippen molar-refractivity contribution in [2.75, 3.05) is 0 Å². The number of aromatic nitrogens is 1. The van der Waals surface area contributed by atoms with Crippen LogP contribution in [-0.4, -0.2) is 16.7 Å². The number of alkyl carbamates (subject to hydrolysis) is 1. The summed E-state index contributed by atoms with van der Waals surface area (Å²) < 4.78 is 19.3. The van der Waals surface area contributed by atoms with Gasteiger partial charge in [0.1, 0.15) is 11.4 Å². The van der Waals surface area contributed by atoms with Gasteiger partial charge >= 0.3 is 6.09 Å². The third kappa shape index (κ3) is 3.44. The number of pyridine rings is 1. The van der Waals surface area contributed by atoms with Crippen molar-refractivity contribution in [2.45, 2.75) is 32.9 Å². The van der Waals surface area contributed by atoms with Crippen LogP contribution in [0.25, 0.3) is 10.9 Å². The second-order valence-electron chi connectivity index (χ2n) is 5.46. The molecule has 0 saturated carbocycles. The molecular formula is C15H17FN2O2. The first kappa shape index (κ1) is 14.2. The summed E-state index contributed by atoms with van der Waals surface area (Å²) in [6.45, 7) is 5.39. The topological polar surface area (TPSA) is 51.2 Å². The third-order valence-electron chi connectivity index (χ3n) is 2.62. The number of halogens is 1. The van der Waals surface area contributed by atoms with E-state index >= 15 is 0 Å². The van der Waals surface area contributed by atoms with Gasteiger partial charge in [-0.15, -0.1) is 0 Å². The molecule has 0 atom stereocenters. The first-order chi connectivity index (χ1) is 9.37. The number of carbonyl (C=O) groups excluding carboxylic acids is 1. The van der Waals surface area contributed by atoms with Crippen molar-refractivity contribution in [3.05, 3.63) is 41.8 Å². The molecule has 0 bridgehead atoms. The minimum absolute atomic E-state index is 0.0750. The Morgan fingerprint density at radius 2 is 2.10 bits per heavy atom. The Bertz CT molecular complexity index is 635. The van der Waals surface area contributed by atoms with Crippen molar-refractivity contribution in [3.63, 3.8) is 0 Å². The van der Waals surface area contributed by atoms with Gasteiger partial charge in [-0.1, -0.05) is 6.07 Å². The monoisotopic (exact) mass is 276 g/mol. The highest BCUT2D eigenvalue weighted by atomic mass is 19.1. The molecule has 20 heavy (non-hydrogen) atoms. The third-order valence-corrected chi connectivity index (χ3v) is 2.62. The summed E-state index contributed by atoms with van der Waals surface area (Å²) >= 11 is 0. The molecule has 1 aromatic carbocycles. The fourth-order valence-electron chi connectivity index (χ4n) is 1.78. The minimum Gasteiger partial charge on any atom is -0.444 e. The van der Waals surface area contributed by atoms with E-state index < -0.39 is 11.7 Å². The lowest BCUT2D eigenvalue weighted by Crippen LogP contribution is -2.32. The molecule has 4 nitrogen and oxygen atoms in total. The SMILES string of the molecule is CC(C)(C)OC(=O)NCc1ccc2ncccc2c1F. The van der Waals surface area contributed by atoms with Gasteiger partial charge < -0.3 is 10.1 Å². The molecule has 5 heteroatoms. The highest BCUT2D eigenvalue weighted by Crippen LogP contribution is 2.19. The van der Waals surface area contributed by atoms with Crippen LogP contribution in [0.3, 0.4) is 0 Å². The molecule has 0 saturated heterocycles. The fraction of sp³-hybridized carbons (Fsp3) is 0.333. The van der Waals surface area contributed by atoms with Crippen LogP contribution in [-0.2, 0) is 11.3 Å². The Hall–Kier alpha value is -2.17. The Kier molecular flexibility index (Phi) is 3.88. The van der Waals surface area contributed by atoms with Gasteiger partial charge in [0.2, 0.25) is 0 Å². The number of ether oxygens (including phenoxy) is 1. The van der Waals surface area contributed by atoms with Crippen molar-refractivity contribution in [3.8, 4) is 0 Å². The Morgan fingerprint density at radius 1 is 1.35 bits per heavy atom. The predicted molar refractivity (Wildman–Crippen MR) is 74.8 cm³/mol. The van der Waals surface area contributed by atoms with Crippen molar-refractivity contribution in [1.29, 1.82) is 0 Å². The standard InChI is InChI=1S/C15H17FN2O2/c1-15(2,3)20-14(19)18-9-10-6-7-12-11(13(10)16)5-4-8-17-12/h4-8H,9H2,1-3H3,(H,18,19). The molecule has 2 aromatic rings. The van der Waals surface area contributed by atoms with Crippen LogP contribution in [0.2, 0.25) is 0 Å². The molecular weight excluding hydrogens is 259 g/mol. The quantitative estimate of drug-likeness (QED) is 0.914. The summed E-state index contributed by atoms with van der Waals surface area (Å²) in [5.74, 6) is -0.369. The van der Waals surface area contributed by atoms with Crippen LogP contribution in [0.5, 0.6) is 0 Å². The van der Waals surface area contributed by atoms with E-state index in [2.05, 4.69) is 10.3 Å². The Morgan fingerprint density at radius 3 is 2.80 bits per heavy atom. The summed E-state index contributed by atoms with van der Waals surface area (Å²) in [7, 11) is 0. The lowest BCUT2D eigenvalue weighted by atomic mass is 10.1. The van der Waals surface area contributed by atoms with Crippen molar-refractivity contribution >= 4 is 17.0 Å². The molecule has 0 aliphatic carbocycles. The lowest BCUT2D eigenvalue weighted by molar-refractivity contribution is 0.0523. The molecule has 0 aliphatic heterocycles. The molecule has 1 N–H and O–H groups in total. The van der Waals surface area contributed by atoms with Gasteiger partial charge in [-0.3, -0.25) is 4.98 Å². The number of hydrogen-bond acceptors (Lipinski definition) is 3. The smallest absolute Gasteiger partial charge is 0.407 e. The largest absolute Gasteiger partial charge is 0.444 e. The van der Waals surface area contributed by atoms with Crippen LogP contribution < -0.4 is 5.32 Å². The maximum absolute atomic E-state index is 14.2. The summed E-state index contributed by atoms with van der Waals surface area (Å²) in [6.07, 6.45) is 1.05.